The van der Waals surface area contributed by atoms with Crippen LogP contribution in [0.25, 0.3) is 10.2 Å². The molecule has 3 heterocycles. The van der Waals surface area contributed by atoms with Gasteiger partial charge in [0.15, 0.2) is 6.61 Å². The Morgan fingerprint density at radius 3 is 2.83 bits per heavy atom. The van der Waals surface area contributed by atoms with Crippen LogP contribution in [0.4, 0.5) is 4.39 Å². The van der Waals surface area contributed by atoms with Crippen LogP contribution in [-0.2, 0) is 28.9 Å². The number of thiophene rings is 1. The number of hydrogen-bond donors (Lipinski definition) is 1. The Hall–Kier alpha value is -3.07. The van der Waals surface area contributed by atoms with Crippen LogP contribution in [0.2, 0.25) is 0 Å². The number of esters is 1. The summed E-state index contributed by atoms with van der Waals surface area (Å²) in [5, 5.41) is 3.11. The number of rotatable bonds is 6. The molecule has 1 N–H and O–H groups in total. The van der Waals surface area contributed by atoms with E-state index in [4.69, 9.17) is 4.74 Å². The van der Waals surface area contributed by atoms with Crippen molar-refractivity contribution in [1.29, 1.82) is 0 Å². The molecule has 0 radical (unpaired) electrons. The summed E-state index contributed by atoms with van der Waals surface area (Å²) in [4.78, 5) is 42.5. The minimum atomic E-state index is -0.645. The minimum absolute atomic E-state index is 0.126. The highest BCUT2D eigenvalue weighted by Crippen LogP contribution is 2.29. The molecular weight excluding hydrogens is 409 g/mol. The van der Waals surface area contributed by atoms with Crippen molar-refractivity contribution in [2.75, 3.05) is 13.2 Å². The molecule has 0 spiro atoms. The summed E-state index contributed by atoms with van der Waals surface area (Å²) in [6, 6.07) is 6.03. The first-order chi connectivity index (χ1) is 14.4. The maximum absolute atomic E-state index is 12.9. The van der Waals surface area contributed by atoms with Gasteiger partial charge in [-0.1, -0.05) is 12.1 Å². The number of nitrogens with zero attached hydrogens (tertiary/aromatic N) is 2. The number of fused-ring (bicyclic) bond motifs is 2. The molecule has 1 aliphatic heterocycles. The molecule has 0 saturated carbocycles. The number of hydrogen-bond acceptors (Lipinski definition) is 6. The Bertz CT molecular complexity index is 1180. The average molecular weight is 429 g/mol. The second-order valence-electron chi connectivity index (χ2n) is 7.13. The molecule has 0 saturated heterocycles. The van der Waals surface area contributed by atoms with E-state index in [1.54, 1.807) is 23.6 Å². The monoisotopic (exact) mass is 429 g/mol. The van der Waals surface area contributed by atoms with Crippen molar-refractivity contribution in [3.63, 3.8) is 0 Å². The topological polar surface area (TPSA) is 90.3 Å². The summed E-state index contributed by atoms with van der Waals surface area (Å²) in [5.41, 5.74) is 1.30. The molecule has 1 aliphatic rings. The number of aromatic nitrogens is 2. The number of carbonyl (C=O) groups is 2. The van der Waals surface area contributed by atoms with Gasteiger partial charge in [-0.2, -0.15) is 0 Å². The van der Waals surface area contributed by atoms with Gasteiger partial charge in [-0.3, -0.25) is 14.2 Å². The van der Waals surface area contributed by atoms with Gasteiger partial charge in [0, 0.05) is 19.5 Å². The summed E-state index contributed by atoms with van der Waals surface area (Å²) in [6.45, 7) is 2.27. The van der Waals surface area contributed by atoms with E-state index in [1.165, 1.54) is 12.1 Å². The van der Waals surface area contributed by atoms with Gasteiger partial charge >= 0.3 is 5.97 Å². The molecule has 0 fully saturated rings. The van der Waals surface area contributed by atoms with Crippen molar-refractivity contribution < 1.29 is 18.7 Å². The average Bonchev–Trinajstić information content (AvgIpc) is 3.33. The Morgan fingerprint density at radius 2 is 2.07 bits per heavy atom. The number of halogens is 1. The number of ether oxygens (including phenoxy) is 1. The van der Waals surface area contributed by atoms with Crippen LogP contribution in [0.1, 0.15) is 33.0 Å². The van der Waals surface area contributed by atoms with Crippen molar-refractivity contribution in [1.82, 2.24) is 14.9 Å². The van der Waals surface area contributed by atoms with Crippen LogP contribution in [0.15, 0.2) is 29.1 Å². The number of aryl methyl sites for hydroxylation is 2. The Balaban J connectivity index is 1.36. The van der Waals surface area contributed by atoms with Crippen molar-refractivity contribution in [2.24, 2.45) is 0 Å². The fourth-order valence-electron chi connectivity index (χ4n) is 3.52. The van der Waals surface area contributed by atoms with E-state index in [-0.39, 0.29) is 16.3 Å². The van der Waals surface area contributed by atoms with Gasteiger partial charge in [0.25, 0.3) is 11.5 Å². The Labute approximate surface area is 175 Å². The molecule has 0 bridgehead atoms. The first-order valence-electron chi connectivity index (χ1n) is 9.65. The minimum Gasteiger partial charge on any atom is -0.451 e. The second kappa shape index (κ2) is 8.35. The van der Waals surface area contributed by atoms with Crippen LogP contribution in [-0.4, -0.2) is 34.6 Å². The molecule has 3 aromatic rings. The summed E-state index contributed by atoms with van der Waals surface area (Å²) in [6.07, 6.45) is 2.18. The lowest BCUT2D eigenvalue weighted by Crippen LogP contribution is -2.30. The van der Waals surface area contributed by atoms with Crippen LogP contribution in [0, 0.1) is 12.7 Å². The predicted octanol–water partition coefficient (Wildman–Crippen LogP) is 2.37. The largest absolute Gasteiger partial charge is 0.451 e. The highest BCUT2D eigenvalue weighted by molar-refractivity contribution is 7.20. The summed E-state index contributed by atoms with van der Waals surface area (Å²) in [7, 11) is 0. The third kappa shape index (κ3) is 3.97. The normalized spacial score (nSPS) is 12.7. The van der Waals surface area contributed by atoms with Gasteiger partial charge in [-0.15, -0.1) is 11.3 Å². The summed E-state index contributed by atoms with van der Waals surface area (Å²) >= 11 is 1.12. The first-order valence-corrected chi connectivity index (χ1v) is 10.5. The fraction of sp³-hybridized carbons (Fsp3) is 0.333. The molecule has 0 unspecified atom stereocenters. The van der Waals surface area contributed by atoms with E-state index in [9.17, 15) is 18.8 Å². The number of benzene rings is 1. The van der Waals surface area contributed by atoms with Crippen molar-refractivity contribution in [3.8, 4) is 0 Å². The van der Waals surface area contributed by atoms with Crippen LogP contribution in [0.5, 0.6) is 0 Å². The molecule has 7 nitrogen and oxygen atoms in total. The van der Waals surface area contributed by atoms with E-state index in [2.05, 4.69) is 10.3 Å². The predicted molar refractivity (Wildman–Crippen MR) is 110 cm³/mol. The maximum atomic E-state index is 12.9. The van der Waals surface area contributed by atoms with Crippen molar-refractivity contribution in [2.45, 2.75) is 32.7 Å². The van der Waals surface area contributed by atoms with Gasteiger partial charge < -0.3 is 10.1 Å². The SMILES string of the molecule is Cc1c(C(=O)OCC(=O)NCCc2ccc(F)cc2)sc2nc3n(c(=O)c12)CCC3. The highest BCUT2D eigenvalue weighted by atomic mass is 32.1. The zero-order chi connectivity index (χ0) is 21.3. The second-order valence-corrected chi connectivity index (χ2v) is 8.13. The lowest BCUT2D eigenvalue weighted by Gasteiger charge is -2.06. The van der Waals surface area contributed by atoms with Crippen LogP contribution >= 0.6 is 11.3 Å². The quantitative estimate of drug-likeness (QED) is 0.608. The molecule has 1 aromatic carbocycles. The molecule has 2 aromatic heterocycles. The third-order valence-electron chi connectivity index (χ3n) is 5.08. The molecule has 30 heavy (non-hydrogen) atoms. The van der Waals surface area contributed by atoms with Gasteiger partial charge in [-0.05, 0) is 43.0 Å². The summed E-state index contributed by atoms with van der Waals surface area (Å²) < 4.78 is 19.7. The van der Waals surface area contributed by atoms with Crippen molar-refractivity contribution in [3.05, 3.63) is 62.3 Å². The summed E-state index contributed by atoms with van der Waals surface area (Å²) in [5.74, 6) is -0.641. The first kappa shape index (κ1) is 20.2. The number of amides is 1. The van der Waals surface area contributed by atoms with Gasteiger partial charge in [0.1, 0.15) is 21.3 Å². The van der Waals surface area contributed by atoms with Gasteiger partial charge in [0.2, 0.25) is 0 Å². The molecule has 9 heteroatoms. The van der Waals surface area contributed by atoms with E-state index < -0.39 is 18.5 Å². The fourth-order valence-corrected chi connectivity index (χ4v) is 4.60. The lowest BCUT2D eigenvalue weighted by molar-refractivity contribution is -0.124. The Kier molecular flexibility index (Phi) is 5.63. The number of carbonyl (C=O) groups excluding carboxylic acids is 2. The van der Waals surface area contributed by atoms with E-state index in [1.807, 2.05) is 0 Å². The van der Waals surface area contributed by atoms with Gasteiger partial charge in [-0.25, -0.2) is 14.2 Å². The number of nitrogens with one attached hydrogen (secondary N) is 1. The standard InChI is InChI=1S/C21H20FN3O4S/c1-12-17-19(24-15-3-2-10-25(15)20(17)27)30-18(12)21(28)29-11-16(26)23-9-8-13-4-6-14(22)7-5-13/h4-7H,2-3,8-11H2,1H3,(H,23,26). The molecular formula is C21H20FN3O4S. The molecule has 1 amide bonds. The highest BCUT2D eigenvalue weighted by Gasteiger charge is 2.24. The third-order valence-corrected chi connectivity index (χ3v) is 6.25. The molecule has 4 rings (SSSR count). The smallest absolute Gasteiger partial charge is 0.349 e. The maximum Gasteiger partial charge on any atom is 0.349 e. The van der Waals surface area contributed by atoms with Gasteiger partial charge in [0.05, 0.1) is 5.39 Å². The molecule has 156 valence electrons. The van der Waals surface area contributed by atoms with Crippen molar-refractivity contribution >= 4 is 33.4 Å². The molecule has 0 aliphatic carbocycles. The lowest BCUT2D eigenvalue weighted by atomic mass is 10.1. The van der Waals surface area contributed by atoms with Crippen LogP contribution in [0.3, 0.4) is 0 Å². The van der Waals surface area contributed by atoms with E-state index in [0.29, 0.717) is 35.3 Å². The van der Waals surface area contributed by atoms with E-state index >= 15 is 0 Å². The zero-order valence-corrected chi connectivity index (χ0v) is 17.2. The Morgan fingerprint density at radius 1 is 1.30 bits per heavy atom. The zero-order valence-electron chi connectivity index (χ0n) is 16.4. The van der Waals surface area contributed by atoms with Crippen LogP contribution < -0.4 is 10.9 Å². The van der Waals surface area contributed by atoms with E-state index in [0.717, 1.165) is 35.6 Å². The molecule has 0 atom stereocenters.